The number of aryl methyl sites for hydroxylation is 1. The summed E-state index contributed by atoms with van der Waals surface area (Å²) >= 11 is 0. The van der Waals surface area contributed by atoms with Crippen LogP contribution in [-0.2, 0) is 0 Å². The van der Waals surface area contributed by atoms with Crippen LogP contribution in [0.25, 0.3) is 22.1 Å². The Kier molecular flexibility index (Phi) is 5.23. The van der Waals surface area contributed by atoms with Gasteiger partial charge in [-0.1, -0.05) is 54.1 Å². The molecule has 1 atom stereocenters. The predicted octanol–water partition coefficient (Wildman–Crippen LogP) is 5.05. The van der Waals surface area contributed by atoms with E-state index < -0.39 is 0 Å². The molecule has 0 aliphatic carbocycles. The van der Waals surface area contributed by atoms with Crippen molar-refractivity contribution in [3.8, 4) is 11.1 Å². The second kappa shape index (κ2) is 8.35. The molecular weight excluding hydrogens is 400 g/mol. The van der Waals surface area contributed by atoms with Crippen molar-refractivity contribution < 1.29 is 14.0 Å². The molecule has 160 valence electrons. The number of rotatable bonds is 5. The molecule has 1 N–H and O–H groups in total. The van der Waals surface area contributed by atoms with Crippen LogP contribution in [0, 0.1) is 6.92 Å². The number of carbonyl (C=O) groups excluding carboxylic acids is 2. The van der Waals surface area contributed by atoms with Crippen LogP contribution < -0.4 is 5.32 Å². The van der Waals surface area contributed by atoms with Crippen molar-refractivity contribution in [2.45, 2.75) is 19.4 Å². The van der Waals surface area contributed by atoms with Crippen molar-refractivity contribution in [3.05, 3.63) is 95.7 Å². The topological polar surface area (TPSA) is 62.6 Å². The Morgan fingerprint density at radius 3 is 2.53 bits per heavy atom. The first-order chi connectivity index (χ1) is 15.6. The van der Waals surface area contributed by atoms with E-state index in [1.54, 1.807) is 18.4 Å². The fraction of sp³-hybridized carbons (Fsp3) is 0.185. The molecule has 5 heteroatoms. The predicted molar refractivity (Wildman–Crippen MR) is 125 cm³/mol. The van der Waals surface area contributed by atoms with Crippen molar-refractivity contribution in [2.75, 3.05) is 13.1 Å². The van der Waals surface area contributed by atoms with E-state index >= 15 is 0 Å². The first-order valence-electron chi connectivity index (χ1n) is 10.8. The third-order valence-corrected chi connectivity index (χ3v) is 6.16. The zero-order chi connectivity index (χ0) is 22.1. The van der Waals surface area contributed by atoms with Crippen LogP contribution in [0.3, 0.4) is 0 Å². The molecule has 1 unspecified atom stereocenters. The van der Waals surface area contributed by atoms with E-state index in [-0.39, 0.29) is 17.9 Å². The number of benzene rings is 3. The van der Waals surface area contributed by atoms with E-state index in [2.05, 4.69) is 17.4 Å². The third kappa shape index (κ3) is 3.66. The average molecular weight is 425 g/mol. The van der Waals surface area contributed by atoms with Gasteiger partial charge in [0.05, 0.1) is 17.9 Å². The van der Waals surface area contributed by atoms with Crippen LogP contribution in [0.1, 0.15) is 32.7 Å². The quantitative estimate of drug-likeness (QED) is 0.488. The Morgan fingerprint density at radius 2 is 1.75 bits per heavy atom. The second-order valence-electron chi connectivity index (χ2n) is 8.20. The molecule has 5 rings (SSSR count). The highest BCUT2D eigenvalue weighted by atomic mass is 16.3. The SMILES string of the molecule is Cc1ccc(-c2ccccc2C(=O)N2CCC2CNC(=O)c2cccc3occc23)cc1. The maximum absolute atomic E-state index is 13.4. The van der Waals surface area contributed by atoms with Gasteiger partial charge in [0.25, 0.3) is 11.8 Å². The van der Waals surface area contributed by atoms with Gasteiger partial charge < -0.3 is 14.6 Å². The summed E-state index contributed by atoms with van der Waals surface area (Å²) in [6.45, 7) is 3.16. The summed E-state index contributed by atoms with van der Waals surface area (Å²) in [5.41, 5.74) is 5.10. The van der Waals surface area contributed by atoms with Crippen molar-refractivity contribution in [2.24, 2.45) is 0 Å². The highest BCUT2D eigenvalue weighted by molar-refractivity contribution is 6.06. The largest absolute Gasteiger partial charge is 0.464 e. The molecule has 2 heterocycles. The third-order valence-electron chi connectivity index (χ3n) is 6.16. The molecule has 0 radical (unpaired) electrons. The molecule has 5 nitrogen and oxygen atoms in total. The lowest BCUT2D eigenvalue weighted by molar-refractivity contribution is 0.0456. The minimum absolute atomic E-state index is 0.00334. The lowest BCUT2D eigenvalue weighted by Gasteiger charge is -2.41. The number of furan rings is 1. The molecule has 2 amide bonds. The zero-order valence-electron chi connectivity index (χ0n) is 17.9. The van der Waals surface area contributed by atoms with Crippen LogP contribution in [0.2, 0.25) is 0 Å². The summed E-state index contributed by atoms with van der Waals surface area (Å²) in [6.07, 6.45) is 2.45. The number of hydrogen-bond donors (Lipinski definition) is 1. The zero-order valence-corrected chi connectivity index (χ0v) is 17.9. The van der Waals surface area contributed by atoms with Crippen LogP contribution in [0.4, 0.5) is 0 Å². The number of carbonyl (C=O) groups is 2. The van der Waals surface area contributed by atoms with E-state index in [0.29, 0.717) is 29.8 Å². The van der Waals surface area contributed by atoms with Gasteiger partial charge in [0.15, 0.2) is 0 Å². The average Bonchev–Trinajstić information content (AvgIpc) is 3.28. The van der Waals surface area contributed by atoms with Crippen LogP contribution in [0.15, 0.2) is 83.5 Å². The highest BCUT2D eigenvalue weighted by Gasteiger charge is 2.34. The Hall–Kier alpha value is -3.86. The summed E-state index contributed by atoms with van der Waals surface area (Å²) in [5, 5.41) is 3.79. The normalized spacial score (nSPS) is 15.4. The highest BCUT2D eigenvalue weighted by Crippen LogP contribution is 2.28. The first kappa shape index (κ1) is 20.1. The molecule has 1 fully saturated rings. The monoisotopic (exact) mass is 424 g/mol. The minimum Gasteiger partial charge on any atom is -0.464 e. The lowest BCUT2D eigenvalue weighted by atomic mass is 9.95. The Balaban J connectivity index is 1.30. The number of likely N-dealkylation sites (tertiary alicyclic amines) is 1. The minimum atomic E-state index is -0.156. The maximum atomic E-state index is 13.4. The molecule has 0 saturated carbocycles. The second-order valence-corrected chi connectivity index (χ2v) is 8.20. The molecular formula is C27H24N2O3. The smallest absolute Gasteiger partial charge is 0.254 e. The standard InChI is InChI=1S/C27H24N2O3/c1-18-9-11-19(12-10-18)21-5-2-3-6-24(21)27(31)29-15-13-20(29)17-28-26(30)23-7-4-8-25-22(23)14-16-32-25/h2-12,14,16,20H,13,15,17H2,1H3,(H,28,30). The Labute approximate surface area is 186 Å². The van der Waals surface area contributed by atoms with Gasteiger partial charge >= 0.3 is 0 Å². The molecule has 0 spiro atoms. The van der Waals surface area contributed by atoms with E-state index in [0.717, 1.165) is 22.9 Å². The molecule has 1 aliphatic rings. The van der Waals surface area contributed by atoms with Gasteiger partial charge in [-0.15, -0.1) is 0 Å². The summed E-state index contributed by atoms with van der Waals surface area (Å²) in [6, 6.07) is 23.1. The molecule has 1 aliphatic heterocycles. The molecule has 0 bridgehead atoms. The van der Waals surface area contributed by atoms with Crippen molar-refractivity contribution in [1.82, 2.24) is 10.2 Å². The molecule has 32 heavy (non-hydrogen) atoms. The fourth-order valence-electron chi connectivity index (χ4n) is 4.23. The van der Waals surface area contributed by atoms with E-state index in [4.69, 9.17) is 4.42 Å². The number of amides is 2. The van der Waals surface area contributed by atoms with E-state index in [1.165, 1.54) is 5.56 Å². The van der Waals surface area contributed by atoms with Crippen LogP contribution in [0.5, 0.6) is 0 Å². The number of nitrogens with zero attached hydrogens (tertiary/aromatic N) is 1. The van der Waals surface area contributed by atoms with Crippen molar-refractivity contribution in [3.63, 3.8) is 0 Å². The van der Waals surface area contributed by atoms with Gasteiger partial charge in [0.1, 0.15) is 5.58 Å². The number of hydrogen-bond acceptors (Lipinski definition) is 3. The van der Waals surface area contributed by atoms with Gasteiger partial charge in [-0.3, -0.25) is 9.59 Å². The molecule has 3 aromatic carbocycles. The van der Waals surface area contributed by atoms with Crippen LogP contribution in [-0.4, -0.2) is 35.8 Å². The Morgan fingerprint density at radius 1 is 0.969 bits per heavy atom. The Bertz CT molecular complexity index is 1290. The molecule has 1 saturated heterocycles. The maximum Gasteiger partial charge on any atom is 0.254 e. The van der Waals surface area contributed by atoms with Crippen molar-refractivity contribution >= 4 is 22.8 Å². The van der Waals surface area contributed by atoms with Gasteiger partial charge in [-0.05, 0) is 48.7 Å². The van der Waals surface area contributed by atoms with Crippen molar-refractivity contribution in [1.29, 1.82) is 0 Å². The summed E-state index contributed by atoms with van der Waals surface area (Å²) in [5.74, 6) is -0.153. The number of nitrogens with one attached hydrogen (secondary N) is 1. The summed E-state index contributed by atoms with van der Waals surface area (Å²) in [7, 11) is 0. The summed E-state index contributed by atoms with van der Waals surface area (Å²) in [4.78, 5) is 28.0. The van der Waals surface area contributed by atoms with Gasteiger partial charge in [-0.2, -0.15) is 0 Å². The fourth-order valence-corrected chi connectivity index (χ4v) is 4.23. The molecule has 4 aromatic rings. The van der Waals surface area contributed by atoms with Crippen LogP contribution >= 0.6 is 0 Å². The summed E-state index contributed by atoms with van der Waals surface area (Å²) < 4.78 is 5.39. The number of fused-ring (bicyclic) bond motifs is 1. The van der Waals surface area contributed by atoms with Gasteiger partial charge in [0.2, 0.25) is 0 Å². The molecule has 1 aromatic heterocycles. The first-order valence-corrected chi connectivity index (χ1v) is 10.8. The van der Waals surface area contributed by atoms with Gasteiger partial charge in [0, 0.05) is 24.0 Å². The van der Waals surface area contributed by atoms with E-state index in [1.807, 2.05) is 60.4 Å². The van der Waals surface area contributed by atoms with Gasteiger partial charge in [-0.25, -0.2) is 0 Å². The lowest BCUT2D eigenvalue weighted by Crippen LogP contribution is -2.56. The van der Waals surface area contributed by atoms with E-state index in [9.17, 15) is 9.59 Å².